The Morgan fingerprint density at radius 3 is 2.13 bits per heavy atom. The number of halogens is 2. The number of carbonyl (C=O) groups is 1. The van der Waals surface area contributed by atoms with E-state index in [0.29, 0.717) is 5.03 Å². The van der Waals surface area contributed by atoms with Crippen LogP contribution >= 0.6 is 27.5 Å². The van der Waals surface area contributed by atoms with Crippen molar-refractivity contribution >= 4 is 33.5 Å². The van der Waals surface area contributed by atoms with E-state index in [0.717, 1.165) is 10.1 Å². The van der Waals surface area contributed by atoms with Crippen molar-refractivity contribution in [2.24, 2.45) is 0 Å². The third-order valence-electron chi connectivity index (χ3n) is 1.13. The average Bonchev–Trinajstić information content (AvgIpc) is 2.03. The van der Waals surface area contributed by atoms with E-state index in [9.17, 15) is 4.79 Å². The van der Waals surface area contributed by atoms with Gasteiger partial charge in [-0.05, 0) is 25.6 Å². The van der Waals surface area contributed by atoms with E-state index in [1.807, 2.05) is 6.92 Å². The first kappa shape index (κ1) is 16.8. The van der Waals surface area contributed by atoms with E-state index in [-0.39, 0.29) is 6.54 Å². The Hall–Kier alpha value is -0.580. The molecule has 0 aliphatic carbocycles. The monoisotopic (exact) mass is 295 g/mol. The van der Waals surface area contributed by atoms with Gasteiger partial charge in [0, 0.05) is 9.51 Å². The highest BCUT2D eigenvalue weighted by atomic mass is 79.9. The van der Waals surface area contributed by atoms with Gasteiger partial charge in [0.15, 0.2) is 0 Å². The molecule has 0 aliphatic heterocycles. The molecule has 0 saturated carbocycles. The Morgan fingerprint density at radius 2 is 2.07 bits per heavy atom. The zero-order valence-electron chi connectivity index (χ0n) is 8.81. The van der Waals surface area contributed by atoms with Gasteiger partial charge in [0.05, 0.1) is 6.54 Å². The Morgan fingerprint density at radius 1 is 1.60 bits per heavy atom. The standard InChI is InChI=1S/C7H8BrCl.C3H7NO2/c1-5(7(3)8)4-6(2)9;1-4-2-3(5)6/h4H,2-3H2,1H3;4H,2H2,1H3,(H,5,6)/b5-4-;. The molecule has 0 rings (SSSR count). The quantitative estimate of drug-likeness (QED) is 0.784. The smallest absolute Gasteiger partial charge is 0.317 e. The third-order valence-corrected chi connectivity index (χ3v) is 1.86. The van der Waals surface area contributed by atoms with Gasteiger partial charge in [0.2, 0.25) is 0 Å². The van der Waals surface area contributed by atoms with Gasteiger partial charge in [-0.25, -0.2) is 0 Å². The number of allylic oxidation sites excluding steroid dienone is 4. The molecular weight excluding hydrogens is 281 g/mol. The lowest BCUT2D eigenvalue weighted by atomic mass is 10.3. The largest absolute Gasteiger partial charge is 0.480 e. The van der Waals surface area contributed by atoms with E-state index in [4.69, 9.17) is 16.7 Å². The Kier molecular flexibility index (Phi) is 11.2. The molecule has 2 N–H and O–H groups in total. The van der Waals surface area contributed by atoms with Crippen LogP contribution in [0.4, 0.5) is 0 Å². The molecule has 0 saturated heterocycles. The van der Waals surface area contributed by atoms with Gasteiger partial charge in [0.25, 0.3) is 0 Å². The number of carboxylic acid groups (broad SMARTS) is 1. The van der Waals surface area contributed by atoms with E-state index < -0.39 is 5.97 Å². The fourth-order valence-electron chi connectivity index (χ4n) is 0.464. The van der Waals surface area contributed by atoms with Gasteiger partial charge >= 0.3 is 5.97 Å². The molecular formula is C10H15BrClNO2. The lowest BCUT2D eigenvalue weighted by molar-refractivity contribution is -0.135. The van der Waals surface area contributed by atoms with Crippen molar-refractivity contribution in [2.45, 2.75) is 6.92 Å². The van der Waals surface area contributed by atoms with Crippen LogP contribution in [0.1, 0.15) is 6.92 Å². The molecule has 0 fully saturated rings. The van der Waals surface area contributed by atoms with Crippen LogP contribution in [0.5, 0.6) is 0 Å². The van der Waals surface area contributed by atoms with Crippen LogP contribution < -0.4 is 5.32 Å². The molecule has 0 bridgehead atoms. The van der Waals surface area contributed by atoms with Crippen LogP contribution in [0.2, 0.25) is 0 Å². The van der Waals surface area contributed by atoms with Crippen LogP contribution in [-0.2, 0) is 4.79 Å². The second kappa shape index (κ2) is 9.96. The van der Waals surface area contributed by atoms with Crippen molar-refractivity contribution in [3.8, 4) is 0 Å². The highest BCUT2D eigenvalue weighted by Crippen LogP contribution is 2.16. The van der Waals surface area contributed by atoms with Crippen molar-refractivity contribution < 1.29 is 9.90 Å². The van der Waals surface area contributed by atoms with Gasteiger partial charge in [-0.3, -0.25) is 4.79 Å². The van der Waals surface area contributed by atoms with Crippen molar-refractivity contribution in [2.75, 3.05) is 13.6 Å². The number of hydrogen-bond donors (Lipinski definition) is 2. The number of rotatable bonds is 4. The first-order valence-electron chi connectivity index (χ1n) is 4.05. The molecule has 0 aliphatic rings. The average molecular weight is 297 g/mol. The van der Waals surface area contributed by atoms with Gasteiger partial charge < -0.3 is 10.4 Å². The van der Waals surface area contributed by atoms with Crippen molar-refractivity contribution in [1.82, 2.24) is 5.32 Å². The predicted octanol–water partition coefficient (Wildman–Crippen LogP) is 2.88. The Bertz CT molecular complexity index is 275. The summed E-state index contributed by atoms with van der Waals surface area (Å²) < 4.78 is 0.837. The first-order chi connectivity index (χ1) is 6.81. The number of nitrogens with one attached hydrogen (secondary N) is 1. The zero-order chi connectivity index (χ0) is 12.4. The van der Waals surface area contributed by atoms with Gasteiger partial charge in [-0.2, -0.15) is 0 Å². The number of carboxylic acids is 1. The molecule has 15 heavy (non-hydrogen) atoms. The summed E-state index contributed by atoms with van der Waals surface area (Å²) in [6.45, 7) is 9.11. The fraction of sp³-hybridized carbons (Fsp3) is 0.300. The topological polar surface area (TPSA) is 49.3 Å². The summed E-state index contributed by atoms with van der Waals surface area (Å²) in [4.78, 5) is 9.54. The van der Waals surface area contributed by atoms with Crippen LogP contribution in [0.3, 0.4) is 0 Å². The van der Waals surface area contributed by atoms with Crippen LogP contribution in [-0.4, -0.2) is 24.7 Å². The Balaban J connectivity index is 0. The minimum Gasteiger partial charge on any atom is -0.480 e. The second-order valence-electron chi connectivity index (χ2n) is 2.60. The van der Waals surface area contributed by atoms with Crippen LogP contribution in [0.25, 0.3) is 0 Å². The van der Waals surface area contributed by atoms with Gasteiger partial charge in [-0.15, -0.1) is 0 Å². The summed E-state index contributed by atoms with van der Waals surface area (Å²) in [5, 5.41) is 10.8. The Labute approximate surface area is 104 Å². The molecule has 0 aromatic heterocycles. The molecule has 0 amide bonds. The highest BCUT2D eigenvalue weighted by Gasteiger charge is 1.89. The summed E-state index contributed by atoms with van der Waals surface area (Å²) >= 11 is 8.69. The van der Waals surface area contributed by atoms with Crippen LogP contribution in [0, 0.1) is 0 Å². The first-order valence-corrected chi connectivity index (χ1v) is 5.22. The third kappa shape index (κ3) is 16.1. The van der Waals surface area contributed by atoms with Crippen molar-refractivity contribution in [3.63, 3.8) is 0 Å². The van der Waals surface area contributed by atoms with Crippen molar-refractivity contribution in [3.05, 3.63) is 34.3 Å². The summed E-state index contributed by atoms with van der Waals surface area (Å²) in [6.07, 6.45) is 1.75. The maximum absolute atomic E-state index is 9.54. The molecule has 0 unspecified atom stereocenters. The van der Waals surface area contributed by atoms with E-state index in [1.165, 1.54) is 0 Å². The van der Waals surface area contributed by atoms with E-state index in [2.05, 4.69) is 34.4 Å². The summed E-state index contributed by atoms with van der Waals surface area (Å²) in [5.74, 6) is -0.822. The van der Waals surface area contributed by atoms with Gasteiger partial charge in [-0.1, -0.05) is 40.7 Å². The number of hydrogen-bond acceptors (Lipinski definition) is 2. The summed E-state index contributed by atoms with van der Waals surface area (Å²) in [6, 6.07) is 0. The maximum Gasteiger partial charge on any atom is 0.317 e. The molecule has 0 aromatic rings. The second-order valence-corrected chi connectivity index (χ2v) is 4.05. The summed E-state index contributed by atoms with van der Waals surface area (Å²) in [5.41, 5.74) is 0.995. The molecule has 0 spiro atoms. The fourth-order valence-corrected chi connectivity index (χ4v) is 0.743. The van der Waals surface area contributed by atoms with Crippen LogP contribution in [0.15, 0.2) is 34.3 Å². The SMILES string of the molecule is C=C(Cl)/C=C(/C)C(=C)Br.CNCC(=O)O. The minimum atomic E-state index is -0.822. The molecule has 86 valence electrons. The maximum atomic E-state index is 9.54. The van der Waals surface area contributed by atoms with E-state index >= 15 is 0 Å². The molecule has 5 heteroatoms. The predicted molar refractivity (Wildman–Crippen MR) is 68.4 cm³/mol. The zero-order valence-corrected chi connectivity index (χ0v) is 11.2. The highest BCUT2D eigenvalue weighted by molar-refractivity contribution is 9.11. The normalized spacial score (nSPS) is 10.0. The lowest BCUT2D eigenvalue weighted by Gasteiger charge is -1.93. The molecule has 3 nitrogen and oxygen atoms in total. The lowest BCUT2D eigenvalue weighted by Crippen LogP contribution is -2.16. The van der Waals surface area contributed by atoms with E-state index in [1.54, 1.807) is 13.1 Å². The molecule has 0 radical (unpaired) electrons. The van der Waals surface area contributed by atoms with Crippen molar-refractivity contribution in [1.29, 1.82) is 0 Å². The minimum absolute atomic E-state index is 0.0417. The van der Waals surface area contributed by atoms with Gasteiger partial charge in [0.1, 0.15) is 0 Å². The number of likely N-dealkylation sites (N-methyl/N-ethyl adjacent to an activating group) is 1. The number of aliphatic carboxylic acids is 1. The molecule has 0 atom stereocenters. The summed E-state index contributed by atoms with van der Waals surface area (Å²) in [7, 11) is 1.59. The molecule has 0 aromatic carbocycles. The molecule has 0 heterocycles.